The van der Waals surface area contributed by atoms with E-state index in [9.17, 15) is 9.59 Å². The van der Waals surface area contributed by atoms with Crippen LogP contribution in [0.1, 0.15) is 33.8 Å². The molecule has 0 aromatic carbocycles. The van der Waals surface area contributed by atoms with Crippen molar-refractivity contribution in [2.45, 2.75) is 18.9 Å². The molecule has 134 valence electrons. The van der Waals surface area contributed by atoms with Crippen molar-refractivity contribution in [1.29, 1.82) is 0 Å². The van der Waals surface area contributed by atoms with E-state index in [1.165, 1.54) is 17.0 Å². The number of carbonyl (C=O) groups excluding carboxylic acids is 2. The Morgan fingerprint density at radius 1 is 1.35 bits per heavy atom. The highest BCUT2D eigenvalue weighted by molar-refractivity contribution is 5.99. The van der Waals surface area contributed by atoms with Gasteiger partial charge in [0.2, 0.25) is 0 Å². The van der Waals surface area contributed by atoms with E-state index in [2.05, 4.69) is 20.6 Å². The molecule has 0 unspecified atom stereocenters. The van der Waals surface area contributed by atoms with Crippen molar-refractivity contribution in [2.24, 2.45) is 5.73 Å². The first-order valence-electron chi connectivity index (χ1n) is 8.37. The minimum absolute atomic E-state index is 0.00863. The molecule has 9 nitrogen and oxygen atoms in total. The van der Waals surface area contributed by atoms with Crippen LogP contribution in [0.4, 0.5) is 0 Å². The predicted octanol–water partition coefficient (Wildman–Crippen LogP) is 0.570. The van der Waals surface area contributed by atoms with Crippen LogP contribution in [-0.2, 0) is 0 Å². The number of carbonyl (C=O) groups is 2. The minimum Gasteiger partial charge on any atom is -0.463 e. The molecule has 1 aliphatic heterocycles. The average Bonchev–Trinajstić information content (AvgIpc) is 3.31. The Bertz CT molecular complexity index is 956. The quantitative estimate of drug-likeness (QED) is 0.628. The molecule has 4 rings (SSSR count). The molecule has 0 bridgehead atoms. The molecule has 4 heterocycles. The minimum atomic E-state index is -0.707. The predicted molar refractivity (Wildman–Crippen MR) is 92.6 cm³/mol. The van der Waals surface area contributed by atoms with Crippen LogP contribution < -0.4 is 16.4 Å². The summed E-state index contributed by atoms with van der Waals surface area (Å²) in [5, 5.41) is 6.30. The smallest absolute Gasteiger partial charge is 0.271 e. The van der Waals surface area contributed by atoms with Crippen molar-refractivity contribution in [3.63, 3.8) is 0 Å². The van der Waals surface area contributed by atoms with Gasteiger partial charge in [0.05, 0.1) is 6.26 Å². The zero-order valence-electron chi connectivity index (χ0n) is 13.9. The Hall–Kier alpha value is -3.20. The summed E-state index contributed by atoms with van der Waals surface area (Å²) in [6, 6.07) is 5.17. The van der Waals surface area contributed by atoms with Crippen LogP contribution in [-0.4, -0.2) is 45.3 Å². The van der Waals surface area contributed by atoms with E-state index in [4.69, 9.17) is 10.2 Å². The molecule has 0 aliphatic carbocycles. The maximum atomic E-state index is 12.9. The summed E-state index contributed by atoms with van der Waals surface area (Å²) in [4.78, 5) is 32.9. The van der Waals surface area contributed by atoms with E-state index in [0.29, 0.717) is 17.1 Å². The van der Waals surface area contributed by atoms with Gasteiger partial charge in [-0.05, 0) is 44.1 Å². The molecule has 1 fully saturated rings. The van der Waals surface area contributed by atoms with Crippen molar-refractivity contribution in [3.8, 4) is 11.5 Å². The van der Waals surface area contributed by atoms with Crippen LogP contribution >= 0.6 is 0 Å². The number of nitrogens with one attached hydrogen (secondary N) is 2. The zero-order chi connectivity index (χ0) is 18.1. The summed E-state index contributed by atoms with van der Waals surface area (Å²) in [6.45, 7) is 1.73. The standard InChI is InChI=1S/C17H18N6O3/c18-15(24)14-16-22-11(13-2-1-7-26-13)8-12(23(16)9-20-14)17(25)21-10-3-5-19-6-4-10/h1-2,7-10,19H,3-6H2,(H2,18,24)(H,21,25). The number of primary amides is 1. The summed E-state index contributed by atoms with van der Waals surface area (Å²) >= 11 is 0. The van der Waals surface area contributed by atoms with E-state index in [0.717, 1.165) is 25.9 Å². The van der Waals surface area contributed by atoms with Crippen LogP contribution in [0.2, 0.25) is 0 Å². The first kappa shape index (κ1) is 16.3. The fourth-order valence-corrected chi connectivity index (χ4v) is 3.10. The Labute approximate surface area is 148 Å². The molecule has 4 N–H and O–H groups in total. The fourth-order valence-electron chi connectivity index (χ4n) is 3.10. The number of aromatic nitrogens is 3. The molecule has 1 aliphatic rings. The Balaban J connectivity index is 1.79. The van der Waals surface area contributed by atoms with Gasteiger partial charge in [-0.25, -0.2) is 9.97 Å². The summed E-state index contributed by atoms with van der Waals surface area (Å²) in [5.41, 5.74) is 6.37. The Kier molecular flexibility index (Phi) is 4.13. The van der Waals surface area contributed by atoms with Crippen molar-refractivity contribution >= 4 is 17.5 Å². The molecule has 0 atom stereocenters. The van der Waals surface area contributed by atoms with Gasteiger partial charge in [0.1, 0.15) is 17.7 Å². The lowest BCUT2D eigenvalue weighted by Gasteiger charge is -2.23. The lowest BCUT2D eigenvalue weighted by atomic mass is 10.1. The van der Waals surface area contributed by atoms with Crippen LogP contribution in [0.5, 0.6) is 0 Å². The van der Waals surface area contributed by atoms with Crippen LogP contribution in [0, 0.1) is 0 Å². The maximum absolute atomic E-state index is 12.9. The highest BCUT2D eigenvalue weighted by Crippen LogP contribution is 2.22. The van der Waals surface area contributed by atoms with E-state index in [-0.39, 0.29) is 23.3 Å². The zero-order valence-corrected chi connectivity index (χ0v) is 13.9. The highest BCUT2D eigenvalue weighted by atomic mass is 16.3. The maximum Gasteiger partial charge on any atom is 0.271 e. The molecular weight excluding hydrogens is 336 g/mol. The number of nitrogens with two attached hydrogens (primary N) is 1. The molecule has 0 saturated carbocycles. The second-order valence-corrected chi connectivity index (χ2v) is 6.15. The van der Waals surface area contributed by atoms with E-state index in [1.54, 1.807) is 18.2 Å². The number of nitrogens with zero attached hydrogens (tertiary/aromatic N) is 3. The number of piperidine rings is 1. The summed E-state index contributed by atoms with van der Waals surface area (Å²) < 4.78 is 6.86. The largest absolute Gasteiger partial charge is 0.463 e. The lowest BCUT2D eigenvalue weighted by molar-refractivity contribution is 0.0921. The van der Waals surface area contributed by atoms with Crippen molar-refractivity contribution < 1.29 is 14.0 Å². The summed E-state index contributed by atoms with van der Waals surface area (Å²) in [5.74, 6) is -0.480. The Morgan fingerprint density at radius 2 is 2.15 bits per heavy atom. The van der Waals surface area contributed by atoms with Gasteiger partial charge in [0.25, 0.3) is 11.8 Å². The third-order valence-electron chi connectivity index (χ3n) is 4.42. The van der Waals surface area contributed by atoms with E-state index < -0.39 is 5.91 Å². The van der Waals surface area contributed by atoms with Gasteiger partial charge in [-0.1, -0.05) is 0 Å². The molecule has 3 aromatic heterocycles. The number of furan rings is 1. The first-order valence-corrected chi connectivity index (χ1v) is 8.37. The molecule has 2 amide bonds. The monoisotopic (exact) mass is 354 g/mol. The topological polar surface area (TPSA) is 128 Å². The van der Waals surface area contributed by atoms with Gasteiger partial charge < -0.3 is 20.8 Å². The van der Waals surface area contributed by atoms with Gasteiger partial charge >= 0.3 is 0 Å². The molecule has 26 heavy (non-hydrogen) atoms. The van der Waals surface area contributed by atoms with E-state index in [1.807, 2.05) is 0 Å². The van der Waals surface area contributed by atoms with Crippen molar-refractivity contribution in [3.05, 3.63) is 42.2 Å². The van der Waals surface area contributed by atoms with E-state index >= 15 is 0 Å². The number of fused-ring (bicyclic) bond motifs is 1. The van der Waals surface area contributed by atoms with Crippen molar-refractivity contribution in [2.75, 3.05) is 13.1 Å². The van der Waals surface area contributed by atoms with Gasteiger partial charge in [0.15, 0.2) is 17.1 Å². The summed E-state index contributed by atoms with van der Waals surface area (Å²) in [6.07, 6.45) is 4.62. The summed E-state index contributed by atoms with van der Waals surface area (Å²) in [7, 11) is 0. The van der Waals surface area contributed by atoms with Gasteiger partial charge in [0, 0.05) is 6.04 Å². The van der Waals surface area contributed by atoms with Crippen LogP contribution in [0.3, 0.4) is 0 Å². The third kappa shape index (κ3) is 2.93. The highest BCUT2D eigenvalue weighted by Gasteiger charge is 2.22. The lowest BCUT2D eigenvalue weighted by Crippen LogP contribution is -2.43. The molecular formula is C17H18N6O3. The van der Waals surface area contributed by atoms with Crippen LogP contribution in [0.25, 0.3) is 17.1 Å². The average molecular weight is 354 g/mol. The number of hydrogen-bond acceptors (Lipinski definition) is 6. The number of imidazole rings is 1. The SMILES string of the molecule is NC(=O)c1ncn2c(C(=O)NC3CCNCC3)cc(-c3ccco3)nc12. The third-order valence-corrected chi connectivity index (χ3v) is 4.42. The molecule has 1 saturated heterocycles. The van der Waals surface area contributed by atoms with Gasteiger partial charge in [-0.3, -0.25) is 14.0 Å². The molecule has 0 radical (unpaired) electrons. The van der Waals surface area contributed by atoms with Crippen LogP contribution in [0.15, 0.2) is 35.2 Å². The fraction of sp³-hybridized carbons (Fsp3) is 0.294. The second kappa shape index (κ2) is 6.60. The number of rotatable bonds is 4. The molecule has 0 spiro atoms. The second-order valence-electron chi connectivity index (χ2n) is 6.15. The van der Waals surface area contributed by atoms with Gasteiger partial charge in [-0.15, -0.1) is 0 Å². The number of amides is 2. The number of hydrogen-bond donors (Lipinski definition) is 3. The molecule has 3 aromatic rings. The molecule has 9 heteroatoms. The Morgan fingerprint density at radius 3 is 2.85 bits per heavy atom. The van der Waals surface area contributed by atoms with Crippen molar-refractivity contribution in [1.82, 2.24) is 25.0 Å². The first-order chi connectivity index (χ1) is 12.6. The normalized spacial score (nSPS) is 15.2. The van der Waals surface area contributed by atoms with Gasteiger partial charge in [-0.2, -0.15) is 0 Å².